The summed E-state index contributed by atoms with van der Waals surface area (Å²) in [7, 11) is 0. The first-order chi connectivity index (χ1) is 8.20. The van der Waals surface area contributed by atoms with E-state index >= 15 is 0 Å². The predicted octanol–water partition coefficient (Wildman–Crippen LogP) is 3.62. The smallest absolute Gasteiger partial charge is 0.132 e. The molecule has 0 amide bonds. The lowest BCUT2D eigenvalue weighted by molar-refractivity contribution is -0.120. The van der Waals surface area contributed by atoms with Crippen LogP contribution in [0.15, 0.2) is 18.2 Å². The SMILES string of the molecule is CCOc1ccc(C2CCC(=O)CC2)cc1C. The Bertz CT molecular complexity index is 399. The molecule has 2 heteroatoms. The first-order valence-electron chi connectivity index (χ1n) is 6.45. The minimum atomic E-state index is 0.420. The molecule has 2 nitrogen and oxygen atoms in total. The predicted molar refractivity (Wildman–Crippen MR) is 68.6 cm³/mol. The third-order valence-electron chi connectivity index (χ3n) is 3.51. The average Bonchev–Trinajstić information content (AvgIpc) is 2.33. The van der Waals surface area contributed by atoms with Gasteiger partial charge in [-0.2, -0.15) is 0 Å². The number of rotatable bonds is 3. The number of Topliss-reactive ketones (excluding diaryl/α,β-unsaturated/α-hetero) is 1. The number of hydrogen-bond acceptors (Lipinski definition) is 2. The van der Waals surface area contributed by atoms with Crippen molar-refractivity contribution in [3.63, 3.8) is 0 Å². The van der Waals surface area contributed by atoms with Crippen molar-refractivity contribution in [2.24, 2.45) is 0 Å². The molecule has 0 aromatic heterocycles. The number of carbonyl (C=O) groups is 1. The second kappa shape index (κ2) is 5.35. The summed E-state index contributed by atoms with van der Waals surface area (Å²) >= 11 is 0. The summed E-state index contributed by atoms with van der Waals surface area (Å²) in [5, 5.41) is 0. The summed E-state index contributed by atoms with van der Waals surface area (Å²) in [5.41, 5.74) is 2.56. The van der Waals surface area contributed by atoms with E-state index in [1.54, 1.807) is 0 Å². The number of aryl methyl sites for hydroxylation is 1. The molecule has 0 bridgehead atoms. The topological polar surface area (TPSA) is 26.3 Å². The Morgan fingerprint density at radius 2 is 2.00 bits per heavy atom. The van der Waals surface area contributed by atoms with E-state index in [0.717, 1.165) is 31.4 Å². The highest BCUT2D eigenvalue weighted by molar-refractivity contribution is 5.79. The fourth-order valence-corrected chi connectivity index (χ4v) is 2.52. The molecule has 0 saturated heterocycles. The lowest BCUT2D eigenvalue weighted by Gasteiger charge is -2.22. The van der Waals surface area contributed by atoms with E-state index in [4.69, 9.17) is 4.74 Å². The fraction of sp³-hybridized carbons (Fsp3) is 0.533. The first-order valence-corrected chi connectivity index (χ1v) is 6.45. The van der Waals surface area contributed by atoms with Gasteiger partial charge in [0.15, 0.2) is 0 Å². The van der Waals surface area contributed by atoms with E-state index in [2.05, 4.69) is 25.1 Å². The quantitative estimate of drug-likeness (QED) is 0.795. The molecule has 1 aromatic rings. The number of ether oxygens (including phenoxy) is 1. The first kappa shape index (κ1) is 12.2. The van der Waals surface area contributed by atoms with E-state index in [0.29, 0.717) is 18.3 Å². The molecule has 0 atom stereocenters. The fourth-order valence-electron chi connectivity index (χ4n) is 2.52. The zero-order valence-corrected chi connectivity index (χ0v) is 10.7. The van der Waals surface area contributed by atoms with Crippen LogP contribution in [0.1, 0.15) is 49.7 Å². The van der Waals surface area contributed by atoms with Crippen LogP contribution in [-0.2, 0) is 4.79 Å². The van der Waals surface area contributed by atoms with Gasteiger partial charge in [0.25, 0.3) is 0 Å². The Balaban J connectivity index is 2.11. The maximum Gasteiger partial charge on any atom is 0.132 e. The number of benzene rings is 1. The Hall–Kier alpha value is -1.31. The van der Waals surface area contributed by atoms with Crippen LogP contribution >= 0.6 is 0 Å². The summed E-state index contributed by atoms with van der Waals surface area (Å²) in [6.07, 6.45) is 3.51. The summed E-state index contributed by atoms with van der Waals surface area (Å²) in [6, 6.07) is 6.43. The third-order valence-corrected chi connectivity index (χ3v) is 3.51. The lowest BCUT2D eigenvalue weighted by Crippen LogP contribution is -2.12. The normalized spacial score (nSPS) is 17.2. The highest BCUT2D eigenvalue weighted by atomic mass is 16.5. The van der Waals surface area contributed by atoms with Crippen LogP contribution in [0.5, 0.6) is 5.75 Å². The van der Waals surface area contributed by atoms with Gasteiger partial charge in [0.05, 0.1) is 6.61 Å². The van der Waals surface area contributed by atoms with Crippen LogP contribution in [0, 0.1) is 6.92 Å². The molecule has 1 aliphatic rings. The Kier molecular flexibility index (Phi) is 3.82. The van der Waals surface area contributed by atoms with E-state index in [1.165, 1.54) is 11.1 Å². The van der Waals surface area contributed by atoms with Gasteiger partial charge in [-0.1, -0.05) is 12.1 Å². The van der Waals surface area contributed by atoms with Gasteiger partial charge in [-0.05, 0) is 49.8 Å². The van der Waals surface area contributed by atoms with Gasteiger partial charge in [0, 0.05) is 12.8 Å². The van der Waals surface area contributed by atoms with Crippen LogP contribution in [0.4, 0.5) is 0 Å². The second-order valence-corrected chi connectivity index (χ2v) is 4.77. The monoisotopic (exact) mass is 232 g/mol. The molecule has 1 saturated carbocycles. The summed E-state index contributed by atoms with van der Waals surface area (Å²) in [4.78, 5) is 11.2. The molecule has 1 aromatic carbocycles. The van der Waals surface area contributed by atoms with Gasteiger partial charge in [-0.15, -0.1) is 0 Å². The minimum absolute atomic E-state index is 0.420. The van der Waals surface area contributed by atoms with Gasteiger partial charge in [0.2, 0.25) is 0 Å². The Morgan fingerprint density at radius 3 is 2.59 bits per heavy atom. The van der Waals surface area contributed by atoms with Crippen molar-refractivity contribution in [2.75, 3.05) is 6.61 Å². The van der Waals surface area contributed by atoms with Crippen molar-refractivity contribution in [1.82, 2.24) is 0 Å². The minimum Gasteiger partial charge on any atom is -0.494 e. The van der Waals surface area contributed by atoms with Gasteiger partial charge in [-0.25, -0.2) is 0 Å². The zero-order chi connectivity index (χ0) is 12.3. The summed E-state index contributed by atoms with van der Waals surface area (Å²) in [5.74, 6) is 1.95. The van der Waals surface area contributed by atoms with Crippen molar-refractivity contribution >= 4 is 5.78 Å². The largest absolute Gasteiger partial charge is 0.494 e. The molecule has 0 radical (unpaired) electrons. The van der Waals surface area contributed by atoms with Crippen LogP contribution in [0.2, 0.25) is 0 Å². The third kappa shape index (κ3) is 2.87. The number of hydrogen-bond donors (Lipinski definition) is 0. The van der Waals surface area contributed by atoms with E-state index in [9.17, 15) is 4.79 Å². The van der Waals surface area contributed by atoms with Gasteiger partial charge in [0.1, 0.15) is 11.5 Å². The highest BCUT2D eigenvalue weighted by Gasteiger charge is 2.20. The van der Waals surface area contributed by atoms with Crippen molar-refractivity contribution in [3.8, 4) is 5.75 Å². The van der Waals surface area contributed by atoms with Crippen molar-refractivity contribution in [2.45, 2.75) is 45.4 Å². The summed E-state index contributed by atoms with van der Waals surface area (Å²) < 4.78 is 5.54. The standard InChI is InChI=1S/C15H20O2/c1-3-17-15-9-6-13(10-11(15)2)12-4-7-14(16)8-5-12/h6,9-10,12H,3-5,7-8H2,1-2H3. The molecule has 0 aliphatic heterocycles. The molecule has 0 N–H and O–H groups in total. The van der Waals surface area contributed by atoms with Gasteiger partial charge < -0.3 is 4.74 Å². The van der Waals surface area contributed by atoms with E-state index in [1.807, 2.05) is 6.92 Å². The molecule has 17 heavy (non-hydrogen) atoms. The molecule has 0 unspecified atom stereocenters. The van der Waals surface area contributed by atoms with Crippen molar-refractivity contribution < 1.29 is 9.53 Å². The van der Waals surface area contributed by atoms with Crippen LogP contribution in [-0.4, -0.2) is 12.4 Å². The average molecular weight is 232 g/mol. The molecule has 92 valence electrons. The number of ketones is 1. The maximum absolute atomic E-state index is 11.2. The zero-order valence-electron chi connectivity index (χ0n) is 10.7. The van der Waals surface area contributed by atoms with E-state index < -0.39 is 0 Å². The summed E-state index contributed by atoms with van der Waals surface area (Å²) in [6.45, 7) is 4.79. The van der Waals surface area contributed by atoms with Gasteiger partial charge in [-0.3, -0.25) is 4.79 Å². The van der Waals surface area contributed by atoms with Crippen molar-refractivity contribution in [3.05, 3.63) is 29.3 Å². The maximum atomic E-state index is 11.2. The lowest BCUT2D eigenvalue weighted by atomic mass is 9.83. The Labute approximate surface area is 103 Å². The molecule has 0 spiro atoms. The molecule has 2 rings (SSSR count). The van der Waals surface area contributed by atoms with Crippen molar-refractivity contribution in [1.29, 1.82) is 0 Å². The molecular weight excluding hydrogens is 212 g/mol. The van der Waals surface area contributed by atoms with E-state index in [-0.39, 0.29) is 0 Å². The molecule has 1 fully saturated rings. The molecular formula is C15H20O2. The molecule has 0 heterocycles. The van der Waals surface area contributed by atoms with Crippen LogP contribution in [0.3, 0.4) is 0 Å². The van der Waals surface area contributed by atoms with Gasteiger partial charge >= 0.3 is 0 Å². The second-order valence-electron chi connectivity index (χ2n) is 4.77. The van der Waals surface area contributed by atoms with Crippen LogP contribution < -0.4 is 4.74 Å². The highest BCUT2D eigenvalue weighted by Crippen LogP contribution is 2.33. The van der Waals surface area contributed by atoms with Crippen LogP contribution in [0.25, 0.3) is 0 Å². The number of carbonyl (C=O) groups excluding carboxylic acids is 1. The molecule has 1 aliphatic carbocycles. The Morgan fingerprint density at radius 1 is 1.29 bits per heavy atom.